The summed E-state index contributed by atoms with van der Waals surface area (Å²) in [5.41, 5.74) is 6.90. The standard InChI is InChI=1S/C40H66N2O6/c1-8-10-11-12-13-14-15-16-17-18-19-20-21-23-32-24-22-25-34(48-9-2)36(32)40(29(3)4)35(38(43)44)31(7)42(30(5)6)33(28-47-27-26-41)37(40)39(45)46/h22,24-25,29-30H,8-21,23,26-28,41H2,1-7H3,(H,43,44)(H,45,46). The van der Waals surface area contributed by atoms with Crippen molar-refractivity contribution in [3.63, 3.8) is 0 Å². The monoisotopic (exact) mass is 670 g/mol. The molecule has 0 radical (unpaired) electrons. The van der Waals surface area contributed by atoms with E-state index < -0.39 is 23.3 Å². The summed E-state index contributed by atoms with van der Waals surface area (Å²) in [7, 11) is 0. The number of ether oxygens (including phenoxy) is 2. The zero-order valence-electron chi connectivity index (χ0n) is 31.2. The van der Waals surface area contributed by atoms with E-state index in [9.17, 15) is 19.8 Å². The smallest absolute Gasteiger partial charge is 0.334 e. The Kier molecular flexibility index (Phi) is 18.3. The Morgan fingerprint density at radius 2 is 1.38 bits per heavy atom. The van der Waals surface area contributed by atoms with Gasteiger partial charge >= 0.3 is 11.9 Å². The first kappa shape index (κ1) is 41.3. The van der Waals surface area contributed by atoms with E-state index in [0.717, 1.165) is 24.8 Å². The van der Waals surface area contributed by atoms with Crippen LogP contribution in [0.1, 0.15) is 143 Å². The highest BCUT2D eigenvalue weighted by Crippen LogP contribution is 2.55. The van der Waals surface area contributed by atoms with Crippen LogP contribution in [0.3, 0.4) is 0 Å². The SMILES string of the molecule is CCCCCCCCCCCCCCCc1cccc(OCC)c1C1(C(C)C)C(C(=O)O)=C(C)N(C(C)C)C(COCCN)=C1C(=O)O. The van der Waals surface area contributed by atoms with Crippen LogP contribution in [0.4, 0.5) is 0 Å². The van der Waals surface area contributed by atoms with Crippen molar-refractivity contribution in [1.29, 1.82) is 0 Å². The fourth-order valence-corrected chi connectivity index (χ4v) is 7.75. The number of aliphatic carboxylic acids is 2. The lowest BCUT2D eigenvalue weighted by Gasteiger charge is -2.49. The minimum absolute atomic E-state index is 0.000709. The number of hydrogen-bond acceptors (Lipinski definition) is 6. The summed E-state index contributed by atoms with van der Waals surface area (Å²) in [6.45, 7) is 14.6. The van der Waals surface area contributed by atoms with Crippen molar-refractivity contribution in [3.05, 3.63) is 51.9 Å². The van der Waals surface area contributed by atoms with Crippen LogP contribution >= 0.6 is 0 Å². The number of hydrogen-bond donors (Lipinski definition) is 3. The lowest BCUT2D eigenvalue weighted by molar-refractivity contribution is -0.135. The number of allylic oxidation sites excluding steroid dienone is 1. The van der Waals surface area contributed by atoms with Crippen molar-refractivity contribution in [2.75, 3.05) is 26.4 Å². The molecule has 1 aromatic rings. The largest absolute Gasteiger partial charge is 0.494 e. The average molecular weight is 671 g/mol. The Morgan fingerprint density at radius 3 is 1.83 bits per heavy atom. The number of benzene rings is 1. The van der Waals surface area contributed by atoms with Gasteiger partial charge in [-0.2, -0.15) is 0 Å². The van der Waals surface area contributed by atoms with E-state index in [-0.39, 0.29) is 30.4 Å². The van der Waals surface area contributed by atoms with Gasteiger partial charge in [-0.05, 0) is 58.1 Å². The first-order valence-electron chi connectivity index (χ1n) is 18.8. The maximum atomic E-state index is 13.6. The van der Waals surface area contributed by atoms with E-state index in [1.54, 1.807) is 6.92 Å². The molecule has 8 heteroatoms. The molecule has 0 bridgehead atoms. The van der Waals surface area contributed by atoms with Gasteiger partial charge in [0.25, 0.3) is 0 Å². The minimum atomic E-state index is -1.49. The van der Waals surface area contributed by atoms with Gasteiger partial charge in [-0.3, -0.25) is 0 Å². The van der Waals surface area contributed by atoms with E-state index >= 15 is 0 Å². The van der Waals surface area contributed by atoms with E-state index in [2.05, 4.69) is 6.92 Å². The number of unbranched alkanes of at least 4 members (excludes halogenated alkanes) is 12. The predicted molar refractivity (Wildman–Crippen MR) is 195 cm³/mol. The van der Waals surface area contributed by atoms with E-state index in [1.165, 1.54) is 64.2 Å². The van der Waals surface area contributed by atoms with Crippen molar-refractivity contribution in [2.45, 2.75) is 150 Å². The number of rotatable bonds is 25. The molecule has 272 valence electrons. The Labute approximate surface area is 291 Å². The Morgan fingerprint density at radius 1 is 0.833 bits per heavy atom. The third-order valence-corrected chi connectivity index (χ3v) is 9.76. The van der Waals surface area contributed by atoms with Crippen molar-refractivity contribution in [1.82, 2.24) is 4.90 Å². The first-order chi connectivity index (χ1) is 23.0. The van der Waals surface area contributed by atoms with Gasteiger partial charge in [0.05, 0.1) is 42.1 Å². The van der Waals surface area contributed by atoms with Crippen LogP contribution in [0.2, 0.25) is 0 Å². The van der Waals surface area contributed by atoms with Crippen LogP contribution in [0.25, 0.3) is 0 Å². The molecular weight excluding hydrogens is 604 g/mol. The van der Waals surface area contributed by atoms with Crippen LogP contribution in [-0.2, 0) is 26.2 Å². The number of carboxylic acid groups (broad SMARTS) is 2. The van der Waals surface area contributed by atoms with Crippen LogP contribution < -0.4 is 10.5 Å². The number of carboxylic acids is 2. The number of carbonyl (C=O) groups is 2. The summed E-state index contributed by atoms with van der Waals surface area (Å²) in [5, 5.41) is 22.1. The molecule has 1 aliphatic heterocycles. The van der Waals surface area contributed by atoms with Crippen molar-refractivity contribution in [3.8, 4) is 5.75 Å². The molecule has 2 rings (SSSR count). The summed E-state index contributed by atoms with van der Waals surface area (Å²) in [4.78, 5) is 28.8. The molecule has 0 amide bonds. The molecule has 0 saturated heterocycles. The third-order valence-electron chi connectivity index (χ3n) is 9.76. The normalized spacial score (nSPS) is 16.8. The molecular formula is C40H66N2O6. The quantitative estimate of drug-likeness (QED) is 0.0881. The molecule has 1 aliphatic rings. The second-order valence-electron chi connectivity index (χ2n) is 13.9. The van der Waals surface area contributed by atoms with Crippen LogP contribution in [0.5, 0.6) is 5.75 Å². The van der Waals surface area contributed by atoms with Crippen molar-refractivity contribution in [2.24, 2.45) is 11.7 Å². The third kappa shape index (κ3) is 10.3. The van der Waals surface area contributed by atoms with E-state index in [1.807, 2.05) is 57.7 Å². The van der Waals surface area contributed by atoms with Crippen molar-refractivity contribution >= 4 is 11.9 Å². The molecule has 1 atom stereocenters. The molecule has 48 heavy (non-hydrogen) atoms. The van der Waals surface area contributed by atoms with Gasteiger partial charge in [-0.1, -0.05) is 110 Å². The zero-order valence-corrected chi connectivity index (χ0v) is 31.2. The number of nitrogens with zero attached hydrogens (tertiary/aromatic N) is 1. The first-order valence-corrected chi connectivity index (χ1v) is 18.8. The molecule has 0 aliphatic carbocycles. The summed E-state index contributed by atoms with van der Waals surface area (Å²) in [6.07, 6.45) is 17.0. The van der Waals surface area contributed by atoms with Gasteiger partial charge in [0.1, 0.15) is 5.75 Å². The maximum absolute atomic E-state index is 13.6. The number of nitrogens with two attached hydrogens (primary N) is 1. The van der Waals surface area contributed by atoms with Crippen LogP contribution in [0.15, 0.2) is 40.7 Å². The van der Waals surface area contributed by atoms with Gasteiger partial charge in [0.15, 0.2) is 0 Å². The zero-order chi connectivity index (χ0) is 35.7. The fraction of sp³-hybridized carbons (Fsp3) is 0.700. The van der Waals surface area contributed by atoms with E-state index in [0.29, 0.717) is 42.3 Å². The minimum Gasteiger partial charge on any atom is -0.494 e. The summed E-state index contributed by atoms with van der Waals surface area (Å²) >= 11 is 0. The molecule has 0 fully saturated rings. The Bertz CT molecular complexity index is 1220. The summed E-state index contributed by atoms with van der Waals surface area (Å²) < 4.78 is 12.1. The van der Waals surface area contributed by atoms with Gasteiger partial charge in [0, 0.05) is 23.8 Å². The average Bonchev–Trinajstić information content (AvgIpc) is 3.02. The number of aryl methyl sites for hydroxylation is 1. The lowest BCUT2D eigenvalue weighted by atomic mass is 9.58. The maximum Gasteiger partial charge on any atom is 0.334 e. The second kappa shape index (κ2) is 21.3. The molecule has 0 aromatic heterocycles. The summed E-state index contributed by atoms with van der Waals surface area (Å²) in [6, 6.07) is 5.61. The van der Waals surface area contributed by atoms with E-state index in [4.69, 9.17) is 15.2 Å². The van der Waals surface area contributed by atoms with Crippen LogP contribution in [-0.4, -0.2) is 59.5 Å². The lowest BCUT2D eigenvalue weighted by Crippen LogP contribution is -2.51. The molecule has 1 heterocycles. The van der Waals surface area contributed by atoms with Crippen molar-refractivity contribution < 1.29 is 29.3 Å². The molecule has 1 unspecified atom stereocenters. The highest BCUT2D eigenvalue weighted by molar-refractivity contribution is 6.01. The van der Waals surface area contributed by atoms with Gasteiger partial charge in [-0.25, -0.2) is 9.59 Å². The van der Waals surface area contributed by atoms with Crippen LogP contribution in [0, 0.1) is 5.92 Å². The predicted octanol–water partition coefficient (Wildman–Crippen LogP) is 9.01. The molecule has 0 spiro atoms. The van der Waals surface area contributed by atoms with Gasteiger partial charge < -0.3 is 30.3 Å². The highest BCUT2D eigenvalue weighted by Gasteiger charge is 2.56. The molecule has 8 nitrogen and oxygen atoms in total. The highest BCUT2D eigenvalue weighted by atomic mass is 16.5. The molecule has 4 N–H and O–H groups in total. The second-order valence-corrected chi connectivity index (χ2v) is 13.9. The topological polar surface area (TPSA) is 122 Å². The van der Waals surface area contributed by atoms with Gasteiger partial charge in [0.2, 0.25) is 0 Å². The Balaban J connectivity index is 2.51. The fourth-order valence-electron chi connectivity index (χ4n) is 7.75. The summed E-state index contributed by atoms with van der Waals surface area (Å²) in [5.74, 6) is -2.20. The molecule has 0 saturated carbocycles. The van der Waals surface area contributed by atoms with Gasteiger partial charge in [-0.15, -0.1) is 0 Å². The Hall–Kier alpha value is -2.84. The molecule has 1 aromatic carbocycles.